The molecular formula is C30H47NO10. The van der Waals surface area contributed by atoms with E-state index in [4.69, 9.17) is 34.2 Å². The third-order valence-corrected chi connectivity index (χ3v) is 6.42. The molecule has 0 radical (unpaired) electrons. The molecule has 0 aromatic heterocycles. The average Bonchev–Trinajstić information content (AvgIpc) is 2.89. The number of rotatable bonds is 16. The van der Waals surface area contributed by atoms with Gasteiger partial charge in [-0.05, 0) is 71.1 Å². The first-order valence-electron chi connectivity index (χ1n) is 14.4. The van der Waals surface area contributed by atoms with Crippen LogP contribution in [0.15, 0.2) is 18.2 Å². The van der Waals surface area contributed by atoms with E-state index < -0.39 is 36.5 Å². The van der Waals surface area contributed by atoms with Crippen LogP contribution in [0.1, 0.15) is 93.1 Å². The summed E-state index contributed by atoms with van der Waals surface area (Å²) < 4.78 is 31.9. The molecule has 6 atom stereocenters. The Kier molecular flexibility index (Phi) is 15.8. The van der Waals surface area contributed by atoms with Crippen LogP contribution < -0.4 is 15.2 Å². The van der Waals surface area contributed by atoms with E-state index >= 15 is 0 Å². The fourth-order valence-corrected chi connectivity index (χ4v) is 3.60. The first-order valence-corrected chi connectivity index (χ1v) is 14.4. The lowest BCUT2D eigenvalue weighted by molar-refractivity contribution is -0.168. The zero-order valence-electron chi connectivity index (χ0n) is 25.6. The van der Waals surface area contributed by atoms with Crippen molar-refractivity contribution >= 4 is 24.2 Å². The quantitative estimate of drug-likeness (QED) is 0.142. The zero-order valence-corrected chi connectivity index (χ0v) is 25.6. The lowest BCUT2D eigenvalue weighted by Gasteiger charge is -2.23. The van der Waals surface area contributed by atoms with Gasteiger partial charge in [0, 0.05) is 0 Å². The van der Waals surface area contributed by atoms with Crippen LogP contribution in [0.2, 0.25) is 0 Å². The highest BCUT2D eigenvalue weighted by molar-refractivity contribution is 5.76. The summed E-state index contributed by atoms with van der Waals surface area (Å²) in [5.74, 6) is -1.50. The van der Waals surface area contributed by atoms with E-state index in [-0.39, 0.29) is 42.0 Å². The van der Waals surface area contributed by atoms with E-state index in [0.717, 1.165) is 12.8 Å². The third-order valence-electron chi connectivity index (χ3n) is 6.42. The maximum Gasteiger partial charge on any atom is 0.514 e. The number of benzene rings is 1. The van der Waals surface area contributed by atoms with Gasteiger partial charge < -0.3 is 34.2 Å². The number of carbonyl (C=O) groups is 4. The minimum atomic E-state index is -1.08. The van der Waals surface area contributed by atoms with Crippen LogP contribution in [0.5, 0.6) is 11.5 Å². The van der Waals surface area contributed by atoms with Crippen LogP contribution in [0.25, 0.3) is 0 Å². The Balaban J connectivity index is 2.98. The predicted octanol–water partition coefficient (Wildman–Crippen LogP) is 5.87. The number of hydrogen-bond donors (Lipinski definition) is 1. The van der Waals surface area contributed by atoms with Crippen LogP contribution in [-0.4, -0.2) is 54.7 Å². The molecule has 0 bridgehead atoms. The summed E-state index contributed by atoms with van der Waals surface area (Å²) >= 11 is 0. The Labute approximate surface area is 243 Å². The molecule has 4 unspecified atom stereocenters. The number of esters is 2. The van der Waals surface area contributed by atoms with Gasteiger partial charge in [0.1, 0.15) is 30.5 Å². The molecule has 0 heterocycles. The average molecular weight is 582 g/mol. The second kappa shape index (κ2) is 18.2. The molecule has 0 aliphatic carbocycles. The number of nitrogens with two attached hydrogens (primary N) is 1. The predicted molar refractivity (Wildman–Crippen MR) is 152 cm³/mol. The summed E-state index contributed by atoms with van der Waals surface area (Å²) in [7, 11) is 0. The topological polar surface area (TPSA) is 150 Å². The van der Waals surface area contributed by atoms with Crippen molar-refractivity contribution in [1.82, 2.24) is 0 Å². The van der Waals surface area contributed by atoms with Crippen LogP contribution in [-0.2, 0) is 35.0 Å². The fourth-order valence-electron chi connectivity index (χ4n) is 3.60. The Morgan fingerprint density at radius 2 is 1.20 bits per heavy atom. The molecule has 0 fully saturated rings. The second-order valence-electron chi connectivity index (χ2n) is 10.3. The molecular weight excluding hydrogens is 534 g/mol. The van der Waals surface area contributed by atoms with Gasteiger partial charge in [-0.1, -0.05) is 46.6 Å². The van der Waals surface area contributed by atoms with Crippen LogP contribution in [0.3, 0.4) is 0 Å². The van der Waals surface area contributed by atoms with E-state index in [1.54, 1.807) is 40.7 Å². The van der Waals surface area contributed by atoms with Crippen molar-refractivity contribution in [3.63, 3.8) is 0 Å². The lowest BCUT2D eigenvalue weighted by atomic mass is 10.1. The highest BCUT2D eigenvalue weighted by atomic mass is 16.7. The van der Waals surface area contributed by atoms with Gasteiger partial charge in [0.15, 0.2) is 11.5 Å². The van der Waals surface area contributed by atoms with Gasteiger partial charge in [-0.25, -0.2) is 9.59 Å². The molecule has 2 N–H and O–H groups in total. The minimum absolute atomic E-state index is 0.0164. The fraction of sp³-hybridized carbons (Fsp3) is 0.667. The van der Waals surface area contributed by atoms with Gasteiger partial charge in [-0.2, -0.15) is 0 Å². The summed E-state index contributed by atoms with van der Waals surface area (Å²) in [6, 6.07) is 3.34. The first kappa shape index (κ1) is 35.7. The van der Waals surface area contributed by atoms with Crippen molar-refractivity contribution in [2.24, 2.45) is 11.7 Å². The lowest BCUT2D eigenvalue weighted by Crippen LogP contribution is -2.40. The van der Waals surface area contributed by atoms with Gasteiger partial charge >= 0.3 is 24.2 Å². The van der Waals surface area contributed by atoms with Crippen molar-refractivity contribution in [1.29, 1.82) is 0 Å². The molecule has 0 amide bonds. The van der Waals surface area contributed by atoms with Crippen molar-refractivity contribution in [3.05, 3.63) is 23.8 Å². The summed E-state index contributed by atoms with van der Waals surface area (Å²) in [4.78, 5) is 49.4. The largest absolute Gasteiger partial charge is 0.514 e. The maximum atomic E-state index is 12.7. The molecule has 0 aliphatic heterocycles. The van der Waals surface area contributed by atoms with Crippen molar-refractivity contribution in [2.75, 3.05) is 0 Å². The molecule has 41 heavy (non-hydrogen) atoms. The molecule has 11 nitrogen and oxygen atoms in total. The van der Waals surface area contributed by atoms with Gasteiger partial charge in [0.25, 0.3) is 0 Å². The first-order chi connectivity index (χ1) is 19.3. The van der Waals surface area contributed by atoms with Crippen LogP contribution in [0.4, 0.5) is 9.59 Å². The van der Waals surface area contributed by atoms with Crippen molar-refractivity contribution < 1.29 is 47.6 Å². The summed E-state index contributed by atoms with van der Waals surface area (Å²) in [5, 5.41) is 0. The summed E-state index contributed by atoms with van der Waals surface area (Å²) in [6.45, 7) is 14.3. The molecule has 1 aromatic rings. The van der Waals surface area contributed by atoms with Crippen LogP contribution in [0, 0.1) is 5.92 Å². The minimum Gasteiger partial charge on any atom is -0.459 e. The third kappa shape index (κ3) is 13.2. The Hall–Kier alpha value is -3.34. The SMILES string of the molecule is CCCC(C)OC(=O)Oc1cc(C[C@H](N)C(=O)OC(C)C(C)OC(=O)C(C)CC)ccc1OC(=O)O[C@@H](C)CCC. The summed E-state index contributed by atoms with van der Waals surface area (Å²) in [6.07, 6.45) is -0.461. The maximum absolute atomic E-state index is 12.7. The standard InChI is InChI=1S/C30H47NO10/c1-9-12-19(5)36-29(34)40-25-15-14-23(17-26(25)41-30(35)37-20(6)13-10-2)16-24(31)28(33)39-22(8)21(7)38-27(32)18(4)11-3/h14-15,17-22,24H,9-13,16,31H2,1-8H3/t18?,19-,20?,21?,22?,24-/m0/s1. The number of ether oxygens (including phenoxy) is 6. The van der Waals surface area contributed by atoms with Gasteiger partial charge in [0.05, 0.1) is 5.92 Å². The molecule has 0 spiro atoms. The van der Waals surface area contributed by atoms with Crippen molar-refractivity contribution in [3.8, 4) is 11.5 Å². The molecule has 0 saturated heterocycles. The Morgan fingerprint density at radius 3 is 1.68 bits per heavy atom. The summed E-state index contributed by atoms with van der Waals surface area (Å²) in [5.41, 5.74) is 6.60. The second-order valence-corrected chi connectivity index (χ2v) is 10.3. The number of carbonyl (C=O) groups excluding carboxylic acids is 4. The van der Waals surface area contributed by atoms with E-state index in [9.17, 15) is 19.2 Å². The normalized spacial score (nSPS) is 15.3. The number of hydrogen-bond acceptors (Lipinski definition) is 11. The smallest absolute Gasteiger partial charge is 0.459 e. The molecule has 232 valence electrons. The molecule has 1 rings (SSSR count). The van der Waals surface area contributed by atoms with Gasteiger partial charge in [-0.15, -0.1) is 0 Å². The molecule has 0 aliphatic rings. The van der Waals surface area contributed by atoms with E-state index in [2.05, 4.69) is 0 Å². The van der Waals surface area contributed by atoms with Gasteiger partial charge in [0.2, 0.25) is 0 Å². The Morgan fingerprint density at radius 1 is 0.707 bits per heavy atom. The monoisotopic (exact) mass is 581 g/mol. The Bertz CT molecular complexity index is 997. The van der Waals surface area contributed by atoms with Crippen molar-refractivity contribution in [2.45, 2.75) is 124 Å². The van der Waals surface area contributed by atoms with Crippen LogP contribution >= 0.6 is 0 Å². The van der Waals surface area contributed by atoms with Gasteiger partial charge in [-0.3, -0.25) is 9.59 Å². The highest BCUT2D eigenvalue weighted by Crippen LogP contribution is 2.30. The van der Waals surface area contributed by atoms with E-state index in [1.165, 1.54) is 12.1 Å². The molecule has 11 heteroatoms. The van der Waals surface area contributed by atoms with E-state index in [0.29, 0.717) is 24.8 Å². The van der Waals surface area contributed by atoms with E-state index in [1.807, 2.05) is 20.8 Å². The molecule has 0 saturated carbocycles. The molecule has 1 aromatic carbocycles. The highest BCUT2D eigenvalue weighted by Gasteiger charge is 2.26. The zero-order chi connectivity index (χ0) is 31.1.